The second-order valence-corrected chi connectivity index (χ2v) is 10.4. The van der Waals surface area contributed by atoms with Crippen molar-refractivity contribution in [2.75, 3.05) is 69.8 Å². The number of hydrogen-bond donors (Lipinski definition) is 1. The molecule has 0 aliphatic carbocycles. The second-order valence-electron chi connectivity index (χ2n) is 9.56. The number of aryl methyl sites for hydroxylation is 1. The number of anilines is 2. The van der Waals surface area contributed by atoms with Crippen LogP contribution in [0, 0.1) is 0 Å². The molecule has 2 aromatic carbocycles. The Hall–Kier alpha value is -2.06. The lowest BCUT2D eigenvalue weighted by Gasteiger charge is -2.32. The summed E-state index contributed by atoms with van der Waals surface area (Å²) in [5.74, 6) is 0.654. The van der Waals surface area contributed by atoms with Crippen molar-refractivity contribution in [1.82, 2.24) is 9.80 Å². The van der Waals surface area contributed by atoms with Crippen molar-refractivity contribution in [2.24, 2.45) is 0 Å². The Balaban J connectivity index is 1.46. The Morgan fingerprint density at radius 2 is 1.97 bits per heavy atom. The van der Waals surface area contributed by atoms with Crippen molar-refractivity contribution < 1.29 is 9.47 Å². The first-order valence-electron chi connectivity index (χ1n) is 13.1. The number of fused-ring (bicyclic) bond motifs is 1. The molecule has 2 aliphatic heterocycles. The summed E-state index contributed by atoms with van der Waals surface area (Å²) in [6, 6.07) is 12.6. The van der Waals surface area contributed by atoms with Gasteiger partial charge in [0.2, 0.25) is 0 Å². The molecule has 0 spiro atoms. The number of nitrogens with zero attached hydrogens (tertiary/aromatic N) is 3. The van der Waals surface area contributed by atoms with Gasteiger partial charge < -0.3 is 24.6 Å². The van der Waals surface area contributed by atoms with Crippen LogP contribution in [-0.2, 0) is 17.7 Å². The van der Waals surface area contributed by atoms with Crippen molar-refractivity contribution in [3.8, 4) is 5.75 Å². The van der Waals surface area contributed by atoms with Crippen molar-refractivity contribution in [3.63, 3.8) is 0 Å². The smallest absolute Gasteiger partial charge is 0.173 e. The maximum absolute atomic E-state index is 6.35. The molecule has 1 fully saturated rings. The lowest BCUT2D eigenvalue weighted by molar-refractivity contribution is 0.0368. The zero-order valence-electron chi connectivity index (χ0n) is 21.6. The standard InChI is InChI=1S/C28H39ClN4O2S/c1-3-11-32-13-4-6-23-19-22(7-9-26(23)32)21-33(14-5-12-31-15-17-35-18-16-31)28(36)30-24-8-10-27(34-2)25(29)20-24/h7-10,19-20H,3-6,11-18,21H2,1-2H3,(H,30,36). The molecular weight excluding hydrogens is 492 g/mol. The predicted molar refractivity (Wildman–Crippen MR) is 154 cm³/mol. The summed E-state index contributed by atoms with van der Waals surface area (Å²) >= 11 is 12.3. The van der Waals surface area contributed by atoms with Crippen molar-refractivity contribution >= 4 is 40.3 Å². The molecule has 1 N–H and O–H groups in total. The van der Waals surface area contributed by atoms with Gasteiger partial charge in [0, 0.05) is 57.2 Å². The normalized spacial score (nSPS) is 15.9. The predicted octanol–water partition coefficient (Wildman–Crippen LogP) is 5.43. The van der Waals surface area contributed by atoms with Gasteiger partial charge in [-0.15, -0.1) is 0 Å². The first-order valence-corrected chi connectivity index (χ1v) is 13.9. The number of methoxy groups -OCH3 is 1. The molecule has 2 heterocycles. The SMILES string of the molecule is CCCN1CCCc2cc(CN(CCCN3CCOCC3)C(=S)Nc3ccc(OC)c(Cl)c3)ccc21. The molecule has 6 nitrogen and oxygen atoms in total. The van der Waals surface area contributed by atoms with Gasteiger partial charge in [0.05, 0.1) is 25.3 Å². The Bertz CT molecular complexity index is 1020. The van der Waals surface area contributed by atoms with Gasteiger partial charge in [-0.1, -0.05) is 30.7 Å². The van der Waals surface area contributed by atoms with Crippen molar-refractivity contribution in [3.05, 3.63) is 52.5 Å². The van der Waals surface area contributed by atoms with E-state index in [0.29, 0.717) is 15.9 Å². The van der Waals surface area contributed by atoms with E-state index in [1.54, 1.807) is 7.11 Å². The van der Waals surface area contributed by atoms with E-state index < -0.39 is 0 Å². The van der Waals surface area contributed by atoms with Gasteiger partial charge in [-0.2, -0.15) is 0 Å². The van der Waals surface area contributed by atoms with E-state index >= 15 is 0 Å². The molecule has 196 valence electrons. The lowest BCUT2D eigenvalue weighted by Crippen LogP contribution is -2.40. The fourth-order valence-corrected chi connectivity index (χ4v) is 5.59. The Labute approximate surface area is 226 Å². The van der Waals surface area contributed by atoms with Crippen molar-refractivity contribution in [2.45, 2.75) is 39.2 Å². The summed E-state index contributed by atoms with van der Waals surface area (Å²) in [4.78, 5) is 7.28. The topological polar surface area (TPSA) is 40.2 Å². The van der Waals surface area contributed by atoms with Crippen LogP contribution in [-0.4, -0.2) is 74.5 Å². The number of halogens is 1. The first-order chi connectivity index (χ1) is 17.6. The van der Waals surface area contributed by atoms with Crippen molar-refractivity contribution in [1.29, 1.82) is 0 Å². The zero-order valence-corrected chi connectivity index (χ0v) is 23.2. The van der Waals surface area contributed by atoms with Crippen LogP contribution in [0.1, 0.15) is 37.3 Å². The number of hydrogen-bond acceptors (Lipinski definition) is 5. The highest BCUT2D eigenvalue weighted by Crippen LogP contribution is 2.29. The van der Waals surface area contributed by atoms with Crippen LogP contribution in [0.25, 0.3) is 0 Å². The molecule has 4 rings (SSSR count). The second kappa shape index (κ2) is 13.5. The molecule has 0 aromatic heterocycles. The summed E-state index contributed by atoms with van der Waals surface area (Å²) in [5.41, 5.74) is 5.03. The van der Waals surface area contributed by atoms with Gasteiger partial charge in [-0.05, 0) is 73.3 Å². The summed E-state index contributed by atoms with van der Waals surface area (Å²) in [5, 5.41) is 4.68. The fourth-order valence-electron chi connectivity index (χ4n) is 5.06. The monoisotopic (exact) mass is 530 g/mol. The van der Waals surface area contributed by atoms with E-state index in [4.69, 9.17) is 33.3 Å². The van der Waals surface area contributed by atoms with Gasteiger partial charge >= 0.3 is 0 Å². The Morgan fingerprint density at radius 3 is 2.72 bits per heavy atom. The van der Waals surface area contributed by atoms with Gasteiger partial charge in [0.1, 0.15) is 5.75 Å². The number of rotatable bonds is 10. The van der Waals surface area contributed by atoms with Crippen LogP contribution < -0.4 is 15.0 Å². The highest BCUT2D eigenvalue weighted by molar-refractivity contribution is 7.80. The van der Waals surface area contributed by atoms with Crippen LogP contribution in [0.3, 0.4) is 0 Å². The highest BCUT2D eigenvalue weighted by Gasteiger charge is 2.19. The molecule has 0 bridgehead atoms. The molecule has 0 atom stereocenters. The van der Waals surface area contributed by atoms with E-state index in [1.165, 1.54) is 29.7 Å². The molecule has 2 aromatic rings. The summed E-state index contributed by atoms with van der Waals surface area (Å²) in [6.07, 6.45) is 4.58. The first kappa shape index (κ1) is 27.0. The van der Waals surface area contributed by atoms with Crippen LogP contribution in [0.2, 0.25) is 5.02 Å². The van der Waals surface area contributed by atoms with Crippen LogP contribution in [0.4, 0.5) is 11.4 Å². The van der Waals surface area contributed by atoms with E-state index in [1.807, 2.05) is 18.2 Å². The summed E-state index contributed by atoms with van der Waals surface area (Å²) in [6.45, 7) is 10.9. The maximum atomic E-state index is 6.35. The molecule has 36 heavy (non-hydrogen) atoms. The summed E-state index contributed by atoms with van der Waals surface area (Å²) in [7, 11) is 1.62. The number of nitrogens with one attached hydrogen (secondary N) is 1. The highest BCUT2D eigenvalue weighted by atomic mass is 35.5. The molecule has 0 amide bonds. The molecule has 1 saturated heterocycles. The number of thiocarbonyl (C=S) groups is 1. The average Bonchev–Trinajstić information content (AvgIpc) is 2.89. The molecule has 0 saturated carbocycles. The van der Waals surface area contributed by atoms with Gasteiger partial charge in [-0.25, -0.2) is 0 Å². The average molecular weight is 531 g/mol. The minimum atomic E-state index is 0.565. The maximum Gasteiger partial charge on any atom is 0.173 e. The molecule has 0 radical (unpaired) electrons. The van der Waals surface area contributed by atoms with Gasteiger partial charge in [0.15, 0.2) is 5.11 Å². The Kier molecular flexibility index (Phi) is 10.1. The van der Waals surface area contributed by atoms with Crippen LogP contribution >= 0.6 is 23.8 Å². The number of ether oxygens (including phenoxy) is 2. The van der Waals surface area contributed by atoms with Crippen LogP contribution in [0.5, 0.6) is 5.75 Å². The zero-order chi connectivity index (χ0) is 25.3. The van der Waals surface area contributed by atoms with Gasteiger partial charge in [-0.3, -0.25) is 4.90 Å². The summed E-state index contributed by atoms with van der Waals surface area (Å²) < 4.78 is 10.8. The van der Waals surface area contributed by atoms with E-state index in [9.17, 15) is 0 Å². The molecule has 0 unspecified atom stereocenters. The lowest BCUT2D eigenvalue weighted by atomic mass is 9.98. The molecule has 8 heteroatoms. The van der Waals surface area contributed by atoms with Gasteiger partial charge in [0.25, 0.3) is 0 Å². The van der Waals surface area contributed by atoms with E-state index in [-0.39, 0.29) is 0 Å². The third-order valence-electron chi connectivity index (χ3n) is 6.92. The minimum absolute atomic E-state index is 0.565. The Morgan fingerprint density at radius 1 is 1.14 bits per heavy atom. The third kappa shape index (κ3) is 7.25. The minimum Gasteiger partial charge on any atom is -0.495 e. The number of morpholine rings is 1. The van der Waals surface area contributed by atoms with E-state index in [0.717, 1.165) is 77.6 Å². The third-order valence-corrected chi connectivity index (χ3v) is 7.58. The quantitative estimate of drug-likeness (QED) is 0.410. The largest absolute Gasteiger partial charge is 0.495 e. The molecule has 2 aliphatic rings. The fraction of sp³-hybridized carbons (Fsp3) is 0.536. The molecular formula is C28H39ClN4O2S. The number of benzene rings is 2. The van der Waals surface area contributed by atoms with E-state index in [2.05, 4.69) is 45.1 Å². The van der Waals surface area contributed by atoms with Crippen LogP contribution in [0.15, 0.2) is 36.4 Å².